The Hall–Kier alpha value is -3.55. The van der Waals surface area contributed by atoms with Gasteiger partial charge in [-0.15, -0.1) is 0 Å². The molecule has 3 aromatic rings. The lowest BCUT2D eigenvalue weighted by atomic mass is 9.97. The Balaban J connectivity index is 1.42. The van der Waals surface area contributed by atoms with E-state index in [4.69, 9.17) is 4.52 Å². The van der Waals surface area contributed by atoms with Crippen LogP contribution in [0.1, 0.15) is 43.6 Å². The van der Waals surface area contributed by atoms with Crippen molar-refractivity contribution < 1.29 is 18.5 Å². The lowest BCUT2D eigenvalue weighted by Crippen LogP contribution is -2.40. The molecule has 32 heavy (non-hydrogen) atoms. The predicted octanol–water partition coefficient (Wildman–Crippen LogP) is 4.17. The smallest absolute Gasteiger partial charge is 0.231 e. The number of anilines is 1. The third-order valence-electron chi connectivity index (χ3n) is 5.56. The molecule has 7 nitrogen and oxygen atoms in total. The molecule has 1 aliphatic heterocycles. The standard InChI is InChI=1S/C24H25FN4O3/c1-2-21(30)26-20-7-3-5-17(14-20)23-27-24(32-28-23)18-6-4-12-29(15-18)22(31)13-16-8-10-19(25)11-9-16/h3,5,7-11,14,18H,2,4,6,12-13,15H2,1H3,(H,26,30)/t18-/m1/s1. The zero-order chi connectivity index (χ0) is 22.5. The van der Waals surface area contributed by atoms with Crippen molar-refractivity contribution in [3.63, 3.8) is 0 Å². The first-order chi connectivity index (χ1) is 15.5. The van der Waals surface area contributed by atoms with E-state index in [1.165, 1.54) is 12.1 Å². The predicted molar refractivity (Wildman–Crippen MR) is 117 cm³/mol. The van der Waals surface area contributed by atoms with E-state index in [1.807, 2.05) is 29.2 Å². The number of nitrogens with zero attached hydrogens (tertiary/aromatic N) is 3. The van der Waals surface area contributed by atoms with Gasteiger partial charge in [0.25, 0.3) is 0 Å². The quantitative estimate of drug-likeness (QED) is 0.627. The summed E-state index contributed by atoms with van der Waals surface area (Å²) in [6.07, 6.45) is 2.33. The zero-order valence-electron chi connectivity index (χ0n) is 17.9. The highest BCUT2D eigenvalue weighted by Crippen LogP contribution is 2.28. The maximum Gasteiger partial charge on any atom is 0.231 e. The Kier molecular flexibility index (Phi) is 6.58. The molecule has 1 saturated heterocycles. The van der Waals surface area contributed by atoms with Gasteiger partial charge >= 0.3 is 0 Å². The Labute approximate surface area is 185 Å². The summed E-state index contributed by atoms with van der Waals surface area (Å²) in [5, 5.41) is 6.93. The van der Waals surface area contributed by atoms with Crippen molar-refractivity contribution in [1.29, 1.82) is 0 Å². The van der Waals surface area contributed by atoms with Crippen LogP contribution in [0.2, 0.25) is 0 Å². The summed E-state index contributed by atoms with van der Waals surface area (Å²) in [4.78, 5) is 30.8. The number of halogens is 1. The number of nitrogens with one attached hydrogen (secondary N) is 1. The second-order valence-electron chi connectivity index (χ2n) is 7.92. The van der Waals surface area contributed by atoms with Crippen LogP contribution in [-0.2, 0) is 16.0 Å². The van der Waals surface area contributed by atoms with E-state index in [0.717, 1.165) is 24.0 Å². The van der Waals surface area contributed by atoms with E-state index in [2.05, 4.69) is 15.5 Å². The fourth-order valence-electron chi connectivity index (χ4n) is 3.80. The third kappa shape index (κ3) is 5.19. The van der Waals surface area contributed by atoms with Crippen LogP contribution in [0.5, 0.6) is 0 Å². The second kappa shape index (κ2) is 9.72. The summed E-state index contributed by atoms with van der Waals surface area (Å²) in [5.41, 5.74) is 2.21. The molecule has 1 atom stereocenters. The van der Waals surface area contributed by atoms with Crippen molar-refractivity contribution in [2.45, 2.75) is 38.5 Å². The van der Waals surface area contributed by atoms with Crippen molar-refractivity contribution in [3.8, 4) is 11.4 Å². The molecule has 1 aliphatic rings. The molecule has 2 amide bonds. The largest absolute Gasteiger partial charge is 0.342 e. The molecule has 0 radical (unpaired) electrons. The van der Waals surface area contributed by atoms with Gasteiger partial charge in [0.15, 0.2) is 0 Å². The molecule has 0 saturated carbocycles. The van der Waals surface area contributed by atoms with E-state index >= 15 is 0 Å². The number of aromatic nitrogens is 2. The number of carbonyl (C=O) groups is 2. The van der Waals surface area contributed by atoms with Gasteiger partial charge in [0.05, 0.1) is 12.3 Å². The Morgan fingerprint density at radius 1 is 1.22 bits per heavy atom. The van der Waals surface area contributed by atoms with Crippen molar-refractivity contribution in [3.05, 3.63) is 65.8 Å². The van der Waals surface area contributed by atoms with Gasteiger partial charge in [-0.1, -0.05) is 36.3 Å². The van der Waals surface area contributed by atoms with E-state index in [0.29, 0.717) is 36.9 Å². The molecule has 1 N–H and O–H groups in total. The van der Waals surface area contributed by atoms with Crippen molar-refractivity contribution in [2.24, 2.45) is 0 Å². The molecule has 0 aliphatic carbocycles. The molecular weight excluding hydrogens is 411 g/mol. The van der Waals surface area contributed by atoms with Crippen LogP contribution in [0.15, 0.2) is 53.1 Å². The number of hydrogen-bond acceptors (Lipinski definition) is 5. The average Bonchev–Trinajstić information content (AvgIpc) is 3.31. The molecular formula is C24H25FN4O3. The summed E-state index contributed by atoms with van der Waals surface area (Å²) >= 11 is 0. The molecule has 8 heteroatoms. The van der Waals surface area contributed by atoms with E-state index in [1.54, 1.807) is 19.1 Å². The first-order valence-electron chi connectivity index (χ1n) is 10.8. The highest BCUT2D eigenvalue weighted by molar-refractivity contribution is 5.91. The van der Waals surface area contributed by atoms with Crippen LogP contribution in [0.3, 0.4) is 0 Å². The van der Waals surface area contributed by atoms with Crippen LogP contribution in [0.4, 0.5) is 10.1 Å². The summed E-state index contributed by atoms with van der Waals surface area (Å²) < 4.78 is 18.6. The highest BCUT2D eigenvalue weighted by Gasteiger charge is 2.28. The summed E-state index contributed by atoms with van der Waals surface area (Å²) in [6, 6.07) is 13.3. The number of amides is 2. The van der Waals surface area contributed by atoms with E-state index in [9.17, 15) is 14.0 Å². The van der Waals surface area contributed by atoms with Gasteiger partial charge in [0.2, 0.25) is 23.5 Å². The summed E-state index contributed by atoms with van der Waals surface area (Å²) in [6.45, 7) is 2.98. The molecule has 1 aromatic heterocycles. The van der Waals surface area contributed by atoms with Gasteiger partial charge < -0.3 is 14.7 Å². The maximum absolute atomic E-state index is 13.1. The zero-order valence-corrected chi connectivity index (χ0v) is 17.9. The first kappa shape index (κ1) is 21.7. The normalized spacial score (nSPS) is 16.1. The minimum absolute atomic E-state index is 0.000383. The number of benzene rings is 2. The van der Waals surface area contributed by atoms with E-state index in [-0.39, 0.29) is 30.0 Å². The van der Waals surface area contributed by atoms with Crippen LogP contribution in [0, 0.1) is 5.82 Å². The van der Waals surface area contributed by atoms with Gasteiger partial charge in [-0.05, 0) is 42.7 Å². The van der Waals surface area contributed by atoms with Crippen molar-refractivity contribution in [2.75, 3.05) is 18.4 Å². The third-order valence-corrected chi connectivity index (χ3v) is 5.56. The monoisotopic (exact) mass is 436 g/mol. The Morgan fingerprint density at radius 2 is 2.03 bits per heavy atom. The number of rotatable bonds is 6. The minimum Gasteiger partial charge on any atom is -0.342 e. The molecule has 4 rings (SSSR count). The van der Waals surface area contributed by atoms with Gasteiger partial charge in [-0.25, -0.2) is 4.39 Å². The lowest BCUT2D eigenvalue weighted by Gasteiger charge is -2.31. The molecule has 2 heterocycles. The second-order valence-corrected chi connectivity index (χ2v) is 7.92. The number of piperidine rings is 1. The summed E-state index contributed by atoms with van der Waals surface area (Å²) in [7, 11) is 0. The fourth-order valence-corrected chi connectivity index (χ4v) is 3.80. The van der Waals surface area contributed by atoms with Gasteiger partial charge in [0, 0.05) is 30.8 Å². The lowest BCUT2D eigenvalue weighted by molar-refractivity contribution is -0.131. The number of likely N-dealkylation sites (tertiary alicyclic amines) is 1. The highest BCUT2D eigenvalue weighted by atomic mass is 19.1. The molecule has 0 unspecified atom stereocenters. The van der Waals surface area contributed by atoms with Crippen LogP contribution >= 0.6 is 0 Å². The fraction of sp³-hybridized carbons (Fsp3) is 0.333. The van der Waals surface area contributed by atoms with Crippen molar-refractivity contribution in [1.82, 2.24) is 15.0 Å². The molecule has 1 fully saturated rings. The van der Waals surface area contributed by atoms with Crippen molar-refractivity contribution >= 4 is 17.5 Å². The van der Waals surface area contributed by atoms with Gasteiger partial charge in [-0.2, -0.15) is 4.98 Å². The SMILES string of the molecule is CCC(=O)Nc1cccc(-c2noc([C@@H]3CCCN(C(=O)Cc4ccc(F)cc4)C3)n2)c1. The maximum atomic E-state index is 13.1. The number of carbonyl (C=O) groups excluding carboxylic acids is 2. The minimum atomic E-state index is -0.315. The molecule has 0 spiro atoms. The Morgan fingerprint density at radius 3 is 2.81 bits per heavy atom. The topological polar surface area (TPSA) is 88.3 Å². The number of hydrogen-bond donors (Lipinski definition) is 1. The van der Waals surface area contributed by atoms with Crippen LogP contribution < -0.4 is 5.32 Å². The molecule has 0 bridgehead atoms. The molecule has 166 valence electrons. The summed E-state index contributed by atoms with van der Waals surface area (Å²) in [5.74, 6) is 0.531. The van der Waals surface area contributed by atoms with Crippen LogP contribution in [0.25, 0.3) is 11.4 Å². The van der Waals surface area contributed by atoms with Gasteiger partial charge in [0.1, 0.15) is 5.82 Å². The first-order valence-corrected chi connectivity index (χ1v) is 10.8. The van der Waals surface area contributed by atoms with Crippen LogP contribution in [-0.4, -0.2) is 39.9 Å². The Bertz CT molecular complexity index is 1100. The van der Waals surface area contributed by atoms with Gasteiger partial charge in [-0.3, -0.25) is 9.59 Å². The average molecular weight is 436 g/mol. The van der Waals surface area contributed by atoms with E-state index < -0.39 is 0 Å². The molecule has 2 aromatic carbocycles.